The Hall–Kier alpha value is -2.05. The quantitative estimate of drug-likeness (QED) is 0.626. The fraction of sp³-hybridized carbons (Fsp3) is 0.111. The summed E-state index contributed by atoms with van der Waals surface area (Å²) in [6.07, 6.45) is -5.11. The largest absolute Gasteiger partial charge is 0.491 e. The van der Waals surface area contributed by atoms with Crippen molar-refractivity contribution in [3.05, 3.63) is 29.8 Å². The number of carbonyl (C=O) groups is 2. The molecule has 0 saturated heterocycles. The van der Waals surface area contributed by atoms with Gasteiger partial charge in [0.2, 0.25) is 0 Å². The maximum atomic E-state index is 11.8. The van der Waals surface area contributed by atoms with Crippen molar-refractivity contribution < 1.29 is 32.6 Å². The first-order valence-corrected chi connectivity index (χ1v) is 3.93. The van der Waals surface area contributed by atoms with Crippen molar-refractivity contribution in [2.75, 3.05) is 0 Å². The van der Waals surface area contributed by atoms with Crippen LogP contribution in [0.25, 0.3) is 0 Å². The number of carboxylic acids is 1. The molecular formula is C9H5F3O4. The number of alkyl halides is 3. The van der Waals surface area contributed by atoms with Gasteiger partial charge in [-0.2, -0.15) is 13.2 Å². The van der Waals surface area contributed by atoms with Crippen molar-refractivity contribution >= 4 is 11.9 Å². The van der Waals surface area contributed by atoms with Gasteiger partial charge in [0.15, 0.2) is 0 Å². The van der Waals surface area contributed by atoms with Crippen LogP contribution in [-0.2, 0) is 4.79 Å². The lowest BCUT2D eigenvalue weighted by Gasteiger charge is -2.06. The Balaban J connectivity index is 2.87. The number of aromatic carboxylic acids is 1. The van der Waals surface area contributed by atoms with Gasteiger partial charge in [-0.3, -0.25) is 0 Å². The molecule has 0 fully saturated rings. The molecule has 16 heavy (non-hydrogen) atoms. The normalized spacial score (nSPS) is 10.9. The molecule has 0 saturated carbocycles. The van der Waals surface area contributed by atoms with Crippen molar-refractivity contribution in [3.63, 3.8) is 0 Å². The molecule has 0 unspecified atom stereocenters. The minimum atomic E-state index is -5.11. The summed E-state index contributed by atoms with van der Waals surface area (Å²) in [5.74, 6) is -4.19. The van der Waals surface area contributed by atoms with Gasteiger partial charge in [-0.05, 0) is 18.2 Å². The molecule has 0 aliphatic heterocycles. The molecule has 0 aromatic heterocycles. The van der Waals surface area contributed by atoms with Gasteiger partial charge in [0, 0.05) is 0 Å². The van der Waals surface area contributed by atoms with Gasteiger partial charge >= 0.3 is 18.1 Å². The van der Waals surface area contributed by atoms with E-state index in [1.165, 1.54) is 6.07 Å². The van der Waals surface area contributed by atoms with E-state index in [0.29, 0.717) is 0 Å². The Morgan fingerprint density at radius 1 is 1.25 bits per heavy atom. The van der Waals surface area contributed by atoms with E-state index in [-0.39, 0.29) is 5.56 Å². The number of halogens is 3. The number of carbonyl (C=O) groups excluding carboxylic acids is 1. The first kappa shape index (κ1) is 12.0. The number of hydrogen-bond donors (Lipinski definition) is 1. The Bertz CT molecular complexity index is 425. The zero-order chi connectivity index (χ0) is 12.3. The smallest absolute Gasteiger partial charge is 0.478 e. The summed E-state index contributed by atoms with van der Waals surface area (Å²) < 4.78 is 39.4. The van der Waals surface area contributed by atoms with Crippen LogP contribution in [0.15, 0.2) is 24.3 Å². The van der Waals surface area contributed by atoms with Crippen LogP contribution < -0.4 is 4.74 Å². The summed E-state index contributed by atoms with van der Waals surface area (Å²) in [5, 5.41) is 8.54. The van der Waals surface area contributed by atoms with Crippen molar-refractivity contribution in [2.45, 2.75) is 6.18 Å². The number of ether oxygens (including phenoxy) is 1. The minimum absolute atomic E-state index is 0.271. The molecule has 1 N–H and O–H groups in total. The van der Waals surface area contributed by atoms with Crippen molar-refractivity contribution in [1.82, 2.24) is 0 Å². The van der Waals surface area contributed by atoms with E-state index in [1.54, 1.807) is 0 Å². The van der Waals surface area contributed by atoms with Gasteiger partial charge in [-0.15, -0.1) is 0 Å². The van der Waals surface area contributed by atoms with Crippen LogP contribution >= 0.6 is 0 Å². The molecule has 1 aromatic carbocycles. The molecule has 0 amide bonds. The number of esters is 1. The van der Waals surface area contributed by atoms with E-state index in [0.717, 1.165) is 18.2 Å². The van der Waals surface area contributed by atoms with Crippen LogP contribution in [0.1, 0.15) is 10.4 Å². The van der Waals surface area contributed by atoms with E-state index >= 15 is 0 Å². The molecule has 4 nitrogen and oxygen atoms in total. The summed E-state index contributed by atoms with van der Waals surface area (Å²) in [6, 6.07) is 4.21. The SMILES string of the molecule is O=C(O)c1cccc(OC(=O)C(F)(F)F)c1. The lowest BCUT2D eigenvalue weighted by Crippen LogP contribution is -2.28. The van der Waals surface area contributed by atoms with E-state index in [2.05, 4.69) is 4.74 Å². The Morgan fingerprint density at radius 3 is 2.38 bits per heavy atom. The third-order valence-corrected chi connectivity index (χ3v) is 1.52. The molecule has 0 heterocycles. The molecule has 1 rings (SSSR count). The second kappa shape index (κ2) is 4.21. The topological polar surface area (TPSA) is 63.6 Å². The average Bonchev–Trinajstić information content (AvgIpc) is 2.16. The van der Waals surface area contributed by atoms with Crippen LogP contribution in [0, 0.1) is 0 Å². The minimum Gasteiger partial charge on any atom is -0.478 e. The molecule has 0 radical (unpaired) electrons. The lowest BCUT2D eigenvalue weighted by atomic mass is 10.2. The predicted molar refractivity (Wildman–Crippen MR) is 45.1 cm³/mol. The van der Waals surface area contributed by atoms with Gasteiger partial charge in [0.05, 0.1) is 5.56 Å². The van der Waals surface area contributed by atoms with Gasteiger partial charge in [0.25, 0.3) is 0 Å². The summed E-state index contributed by atoms with van der Waals surface area (Å²) in [7, 11) is 0. The molecule has 0 atom stereocenters. The zero-order valence-electron chi connectivity index (χ0n) is 7.62. The summed E-state index contributed by atoms with van der Waals surface area (Å²) >= 11 is 0. The van der Waals surface area contributed by atoms with E-state index in [4.69, 9.17) is 5.11 Å². The third-order valence-electron chi connectivity index (χ3n) is 1.52. The maximum absolute atomic E-state index is 11.8. The van der Waals surface area contributed by atoms with Gasteiger partial charge in [-0.25, -0.2) is 9.59 Å². The fourth-order valence-electron chi connectivity index (χ4n) is 0.858. The molecule has 0 bridgehead atoms. The van der Waals surface area contributed by atoms with Gasteiger partial charge in [0.1, 0.15) is 5.75 Å². The average molecular weight is 234 g/mol. The van der Waals surface area contributed by atoms with Crippen LogP contribution in [0.4, 0.5) is 13.2 Å². The van der Waals surface area contributed by atoms with E-state index < -0.39 is 23.9 Å². The number of carboxylic acid groups (broad SMARTS) is 1. The van der Waals surface area contributed by atoms with Crippen molar-refractivity contribution in [3.8, 4) is 5.75 Å². The standard InChI is InChI=1S/C9H5F3O4/c10-9(11,12)8(15)16-6-3-1-2-5(4-6)7(13)14/h1-4H,(H,13,14). The monoisotopic (exact) mass is 234 g/mol. The Kier molecular flexibility index (Phi) is 3.17. The predicted octanol–water partition coefficient (Wildman–Crippen LogP) is 1.85. The second-order valence-electron chi connectivity index (χ2n) is 2.72. The highest BCUT2D eigenvalue weighted by Crippen LogP contribution is 2.20. The number of benzene rings is 1. The van der Waals surface area contributed by atoms with E-state index in [1.807, 2.05) is 0 Å². The molecule has 0 spiro atoms. The maximum Gasteiger partial charge on any atom is 0.491 e. The van der Waals surface area contributed by atoms with Crippen LogP contribution in [-0.4, -0.2) is 23.2 Å². The van der Waals surface area contributed by atoms with Crippen molar-refractivity contribution in [2.24, 2.45) is 0 Å². The fourth-order valence-corrected chi connectivity index (χ4v) is 0.858. The van der Waals surface area contributed by atoms with E-state index in [9.17, 15) is 22.8 Å². The summed E-state index contributed by atoms with van der Waals surface area (Å²) in [6.45, 7) is 0. The molecule has 86 valence electrons. The Labute approximate surface area is 87.3 Å². The molecule has 7 heteroatoms. The third kappa shape index (κ3) is 2.97. The summed E-state index contributed by atoms with van der Waals surface area (Å²) in [5.41, 5.74) is -0.271. The molecular weight excluding hydrogens is 229 g/mol. The highest BCUT2D eigenvalue weighted by molar-refractivity contribution is 5.88. The van der Waals surface area contributed by atoms with Crippen LogP contribution in [0.3, 0.4) is 0 Å². The molecule has 0 aliphatic carbocycles. The molecule has 1 aromatic rings. The van der Waals surface area contributed by atoms with Gasteiger partial charge in [-0.1, -0.05) is 6.07 Å². The van der Waals surface area contributed by atoms with Crippen LogP contribution in [0.5, 0.6) is 5.75 Å². The van der Waals surface area contributed by atoms with Gasteiger partial charge < -0.3 is 9.84 Å². The summed E-state index contributed by atoms with van der Waals surface area (Å²) in [4.78, 5) is 20.9. The molecule has 0 aliphatic rings. The van der Waals surface area contributed by atoms with Crippen molar-refractivity contribution in [1.29, 1.82) is 0 Å². The highest BCUT2D eigenvalue weighted by Gasteiger charge is 2.41. The second-order valence-corrected chi connectivity index (χ2v) is 2.72. The van der Waals surface area contributed by atoms with Crippen LogP contribution in [0.2, 0.25) is 0 Å². The number of hydrogen-bond acceptors (Lipinski definition) is 3. The first-order chi connectivity index (χ1) is 7.30. The highest BCUT2D eigenvalue weighted by atomic mass is 19.4. The first-order valence-electron chi connectivity index (χ1n) is 3.93. The number of rotatable bonds is 2. The lowest BCUT2D eigenvalue weighted by molar-refractivity contribution is -0.189. The zero-order valence-corrected chi connectivity index (χ0v) is 7.62. The Morgan fingerprint density at radius 2 is 1.88 bits per heavy atom.